The minimum atomic E-state index is -0.124. The van der Waals surface area contributed by atoms with Crippen LogP contribution in [0.5, 0.6) is 0 Å². The zero-order valence-corrected chi connectivity index (χ0v) is 5.92. The Hall–Kier alpha value is -0.450. The number of aldehydes is 1. The summed E-state index contributed by atoms with van der Waals surface area (Å²) in [5, 5.41) is 8.43. The molecule has 0 fully saturated rings. The summed E-state index contributed by atoms with van der Waals surface area (Å²) in [6.07, 6.45) is 2.69. The van der Waals surface area contributed by atoms with E-state index in [1.165, 1.54) is 0 Å². The molecule has 0 saturated carbocycles. The molecule has 0 aliphatic heterocycles. The van der Waals surface area contributed by atoms with Gasteiger partial charge in [-0.3, -0.25) is 0 Å². The van der Waals surface area contributed by atoms with Gasteiger partial charge in [0.2, 0.25) is 0 Å². The Morgan fingerprint density at radius 1 is 1.70 bits per heavy atom. The zero-order chi connectivity index (χ0) is 7.82. The molecule has 0 amide bonds. The van der Waals surface area contributed by atoms with Crippen molar-refractivity contribution in [3.63, 3.8) is 0 Å². The normalized spacial score (nSPS) is 13.0. The van der Waals surface area contributed by atoms with Crippen LogP contribution in [0, 0.1) is 0 Å². The molecule has 1 atom stereocenters. The number of hydrogen-bond donors (Lipinski definition) is 3. The molecule has 0 aromatic heterocycles. The van der Waals surface area contributed by atoms with Gasteiger partial charge in [0.1, 0.15) is 6.29 Å². The molecule has 0 radical (unpaired) electrons. The lowest BCUT2D eigenvalue weighted by molar-refractivity contribution is -0.108. The third kappa shape index (κ3) is 4.43. The van der Waals surface area contributed by atoms with E-state index in [4.69, 9.17) is 10.9 Å². The maximum Gasteiger partial charge on any atom is 0.121 e. The highest BCUT2D eigenvalue weighted by Gasteiger charge is 2.03. The molecule has 0 aliphatic carbocycles. The Labute approximate surface area is 60.4 Å². The van der Waals surface area contributed by atoms with Gasteiger partial charge in [0.15, 0.2) is 0 Å². The monoisotopic (exact) mass is 146 g/mol. The largest absolute Gasteiger partial charge is 0.330 e. The van der Waals surface area contributed by atoms with Crippen molar-refractivity contribution in [3.8, 4) is 0 Å². The Kier molecular flexibility index (Phi) is 6.37. The average Bonchev–Trinajstić information content (AvgIpc) is 1.98. The second kappa shape index (κ2) is 6.67. The summed E-state index contributed by atoms with van der Waals surface area (Å²) in [5.41, 5.74) is 7.28. The molecule has 4 heteroatoms. The Morgan fingerprint density at radius 3 is 2.80 bits per heavy atom. The number of nitrogens with two attached hydrogens (primary N) is 1. The number of hydrogen-bond acceptors (Lipinski definition) is 4. The van der Waals surface area contributed by atoms with Crippen molar-refractivity contribution in [3.05, 3.63) is 0 Å². The van der Waals surface area contributed by atoms with Gasteiger partial charge < -0.3 is 15.7 Å². The van der Waals surface area contributed by atoms with E-state index >= 15 is 0 Å². The minimum absolute atomic E-state index is 0.124. The van der Waals surface area contributed by atoms with Crippen LogP contribution < -0.4 is 11.2 Å². The molecule has 0 aliphatic rings. The first kappa shape index (κ1) is 9.55. The molecule has 60 valence electrons. The van der Waals surface area contributed by atoms with Gasteiger partial charge in [-0.2, -0.15) is 0 Å². The van der Waals surface area contributed by atoms with Crippen molar-refractivity contribution in [1.82, 2.24) is 5.48 Å². The quantitative estimate of drug-likeness (QED) is 0.354. The minimum Gasteiger partial charge on any atom is -0.330 e. The average molecular weight is 146 g/mol. The highest BCUT2D eigenvalue weighted by Crippen LogP contribution is 1.97. The SMILES string of the molecule is NCCC[C@@H](CC=O)NO. The van der Waals surface area contributed by atoms with Crippen LogP contribution in [-0.4, -0.2) is 24.1 Å². The number of carbonyl (C=O) groups excluding carboxylic acids is 1. The third-order valence-electron chi connectivity index (χ3n) is 1.32. The molecule has 4 N–H and O–H groups in total. The van der Waals surface area contributed by atoms with Crippen LogP contribution in [-0.2, 0) is 4.79 Å². The molecular weight excluding hydrogens is 132 g/mol. The van der Waals surface area contributed by atoms with Crippen LogP contribution in [0.4, 0.5) is 0 Å². The molecule has 0 bridgehead atoms. The van der Waals surface area contributed by atoms with E-state index in [-0.39, 0.29) is 6.04 Å². The molecule has 10 heavy (non-hydrogen) atoms. The maximum atomic E-state index is 9.95. The molecule has 0 spiro atoms. The summed E-state index contributed by atoms with van der Waals surface area (Å²) < 4.78 is 0. The highest BCUT2D eigenvalue weighted by molar-refractivity contribution is 5.50. The second-order valence-corrected chi connectivity index (χ2v) is 2.16. The lowest BCUT2D eigenvalue weighted by atomic mass is 10.1. The van der Waals surface area contributed by atoms with E-state index < -0.39 is 0 Å². The second-order valence-electron chi connectivity index (χ2n) is 2.16. The van der Waals surface area contributed by atoms with Crippen LogP contribution >= 0.6 is 0 Å². The van der Waals surface area contributed by atoms with Gasteiger partial charge in [-0.1, -0.05) is 0 Å². The molecule has 0 saturated heterocycles. The van der Waals surface area contributed by atoms with Gasteiger partial charge in [0.25, 0.3) is 0 Å². The summed E-state index contributed by atoms with van der Waals surface area (Å²) in [6, 6.07) is -0.124. The topological polar surface area (TPSA) is 75.4 Å². The van der Waals surface area contributed by atoms with Gasteiger partial charge in [0.05, 0.1) is 0 Å². The standard InChI is InChI=1S/C6H14N2O2/c7-4-1-2-6(8-10)3-5-9/h5-6,8,10H,1-4,7H2/t6-/m0/s1. The van der Waals surface area contributed by atoms with Crippen molar-refractivity contribution in [2.45, 2.75) is 25.3 Å². The van der Waals surface area contributed by atoms with Crippen molar-refractivity contribution < 1.29 is 10.0 Å². The maximum absolute atomic E-state index is 9.95. The third-order valence-corrected chi connectivity index (χ3v) is 1.32. The number of carbonyl (C=O) groups is 1. The van der Waals surface area contributed by atoms with E-state index in [1.54, 1.807) is 0 Å². The van der Waals surface area contributed by atoms with E-state index in [1.807, 2.05) is 0 Å². The van der Waals surface area contributed by atoms with Crippen LogP contribution in [0.15, 0.2) is 0 Å². The van der Waals surface area contributed by atoms with E-state index in [0.717, 1.165) is 19.1 Å². The first-order chi connectivity index (χ1) is 4.85. The lowest BCUT2D eigenvalue weighted by Crippen LogP contribution is -2.26. The van der Waals surface area contributed by atoms with Crippen molar-refractivity contribution in [1.29, 1.82) is 0 Å². The summed E-state index contributed by atoms with van der Waals surface area (Å²) in [6.45, 7) is 0.594. The first-order valence-corrected chi connectivity index (χ1v) is 3.38. The molecule has 0 unspecified atom stereocenters. The fourth-order valence-electron chi connectivity index (χ4n) is 0.716. The molecule has 0 heterocycles. The number of rotatable bonds is 6. The van der Waals surface area contributed by atoms with Crippen LogP contribution in [0.2, 0.25) is 0 Å². The van der Waals surface area contributed by atoms with E-state index in [2.05, 4.69) is 5.48 Å². The summed E-state index contributed by atoms with van der Waals surface area (Å²) in [4.78, 5) is 9.95. The summed E-state index contributed by atoms with van der Waals surface area (Å²) >= 11 is 0. The summed E-state index contributed by atoms with van der Waals surface area (Å²) in [7, 11) is 0. The van der Waals surface area contributed by atoms with Crippen molar-refractivity contribution >= 4 is 6.29 Å². The highest BCUT2D eigenvalue weighted by atomic mass is 16.5. The van der Waals surface area contributed by atoms with Crippen LogP contribution in [0.25, 0.3) is 0 Å². The van der Waals surface area contributed by atoms with Gasteiger partial charge in [-0.15, -0.1) is 0 Å². The fraction of sp³-hybridized carbons (Fsp3) is 0.833. The Bertz CT molecular complexity index is 87.8. The summed E-state index contributed by atoms with van der Waals surface area (Å²) in [5.74, 6) is 0. The molecule has 0 aromatic carbocycles. The Morgan fingerprint density at radius 2 is 2.40 bits per heavy atom. The number of nitrogens with one attached hydrogen (secondary N) is 1. The van der Waals surface area contributed by atoms with E-state index in [0.29, 0.717) is 13.0 Å². The van der Waals surface area contributed by atoms with Crippen molar-refractivity contribution in [2.24, 2.45) is 5.73 Å². The lowest BCUT2D eigenvalue weighted by Gasteiger charge is -2.09. The predicted molar refractivity (Wildman–Crippen MR) is 37.7 cm³/mol. The van der Waals surface area contributed by atoms with Gasteiger partial charge in [0, 0.05) is 12.5 Å². The molecular formula is C6H14N2O2. The van der Waals surface area contributed by atoms with Gasteiger partial charge in [-0.25, -0.2) is 5.48 Å². The van der Waals surface area contributed by atoms with Crippen LogP contribution in [0.3, 0.4) is 0 Å². The molecule has 0 rings (SSSR count). The predicted octanol–water partition coefficient (Wildman–Crippen LogP) is -0.338. The molecule has 0 aromatic rings. The molecule has 4 nitrogen and oxygen atoms in total. The Balaban J connectivity index is 3.29. The number of hydroxylamine groups is 1. The van der Waals surface area contributed by atoms with Crippen LogP contribution in [0.1, 0.15) is 19.3 Å². The smallest absolute Gasteiger partial charge is 0.121 e. The first-order valence-electron chi connectivity index (χ1n) is 3.38. The zero-order valence-electron chi connectivity index (χ0n) is 5.92. The van der Waals surface area contributed by atoms with Crippen molar-refractivity contribution in [2.75, 3.05) is 6.54 Å². The van der Waals surface area contributed by atoms with Gasteiger partial charge >= 0.3 is 0 Å². The fourth-order valence-corrected chi connectivity index (χ4v) is 0.716. The van der Waals surface area contributed by atoms with Gasteiger partial charge in [-0.05, 0) is 19.4 Å². The van der Waals surface area contributed by atoms with E-state index in [9.17, 15) is 4.79 Å².